The first-order valence-corrected chi connectivity index (χ1v) is 9.22. The van der Waals surface area contributed by atoms with E-state index in [1.165, 1.54) is 69.1 Å². The van der Waals surface area contributed by atoms with Crippen LogP contribution in [0.5, 0.6) is 0 Å². The van der Waals surface area contributed by atoms with Gasteiger partial charge in [0.2, 0.25) is 0 Å². The Labute approximate surface area is 132 Å². The van der Waals surface area contributed by atoms with Crippen molar-refractivity contribution in [2.45, 2.75) is 77.6 Å². The predicted molar refractivity (Wildman–Crippen MR) is 90.1 cm³/mol. The summed E-state index contributed by atoms with van der Waals surface area (Å²) in [6, 6.07) is 3.64. The van der Waals surface area contributed by atoms with Gasteiger partial charge >= 0.3 is 0 Å². The molecule has 0 spiro atoms. The second-order valence-corrected chi connectivity index (χ2v) is 7.17. The van der Waals surface area contributed by atoms with Gasteiger partial charge in [-0.3, -0.25) is 4.79 Å². The molecule has 0 aromatic carbocycles. The fraction of sp³-hybridized carbons (Fsp3) is 0.706. The van der Waals surface area contributed by atoms with Crippen molar-refractivity contribution in [3.8, 4) is 0 Å². The molecule has 0 aliphatic carbocycles. The number of hydrogen-bond acceptors (Lipinski definition) is 2. The van der Waals surface area contributed by atoms with E-state index in [0.29, 0.717) is 10.8 Å². The molecule has 3 heteroatoms. The molecule has 0 atom stereocenters. The fourth-order valence-electron chi connectivity index (χ4n) is 2.36. The van der Waals surface area contributed by atoms with Crippen LogP contribution in [0.1, 0.15) is 87.2 Å². The molecular weight excluding hydrogens is 288 g/mol. The molecular formula is C17H27ClOS. The number of halogens is 1. The summed E-state index contributed by atoms with van der Waals surface area (Å²) in [6.07, 6.45) is 13.7. The van der Waals surface area contributed by atoms with Crippen molar-refractivity contribution in [1.82, 2.24) is 0 Å². The van der Waals surface area contributed by atoms with E-state index in [9.17, 15) is 4.79 Å². The number of thiophene rings is 1. The van der Waals surface area contributed by atoms with Crippen LogP contribution >= 0.6 is 22.9 Å². The Hall–Kier alpha value is -0.340. The van der Waals surface area contributed by atoms with E-state index in [1.807, 2.05) is 6.07 Å². The average molecular weight is 315 g/mol. The second-order valence-electron chi connectivity index (χ2n) is 5.46. The van der Waals surface area contributed by atoms with Crippen LogP contribution in [0.15, 0.2) is 12.1 Å². The summed E-state index contributed by atoms with van der Waals surface area (Å²) in [6.45, 7) is 2.26. The second kappa shape index (κ2) is 11.3. The molecule has 0 N–H and O–H groups in total. The quantitative estimate of drug-likeness (QED) is 0.303. The van der Waals surface area contributed by atoms with Crippen molar-refractivity contribution < 1.29 is 4.79 Å². The van der Waals surface area contributed by atoms with Crippen molar-refractivity contribution in [3.63, 3.8) is 0 Å². The van der Waals surface area contributed by atoms with E-state index in [2.05, 4.69) is 6.92 Å². The van der Waals surface area contributed by atoms with Crippen LogP contribution in [0, 0.1) is 0 Å². The van der Waals surface area contributed by atoms with E-state index in [1.54, 1.807) is 6.07 Å². The number of carbonyl (C=O) groups excluding carboxylic acids is 1. The zero-order valence-corrected chi connectivity index (χ0v) is 14.2. The van der Waals surface area contributed by atoms with Gasteiger partial charge in [0.25, 0.3) is 0 Å². The smallest absolute Gasteiger partial charge is 0.172 e. The molecule has 0 radical (unpaired) electrons. The van der Waals surface area contributed by atoms with E-state index < -0.39 is 0 Å². The summed E-state index contributed by atoms with van der Waals surface area (Å²) in [5.74, 6) is 0.251. The maximum atomic E-state index is 11.8. The standard InChI is InChI=1S/C17H27ClOS/c1-2-3-4-5-6-7-8-9-10-11-12-15(19)16-13-14-17(18)20-16/h13-14H,2-12H2,1H3. The molecule has 20 heavy (non-hydrogen) atoms. The topological polar surface area (TPSA) is 17.1 Å². The van der Waals surface area contributed by atoms with Crippen LogP contribution in [-0.4, -0.2) is 5.78 Å². The minimum Gasteiger partial charge on any atom is -0.293 e. The Kier molecular flexibility index (Phi) is 10.0. The summed E-state index contributed by atoms with van der Waals surface area (Å²) >= 11 is 7.23. The first-order chi connectivity index (χ1) is 9.74. The van der Waals surface area contributed by atoms with Crippen molar-refractivity contribution in [2.75, 3.05) is 0 Å². The highest BCUT2D eigenvalue weighted by Gasteiger charge is 2.07. The van der Waals surface area contributed by atoms with Gasteiger partial charge in [-0.05, 0) is 18.6 Å². The van der Waals surface area contributed by atoms with Gasteiger partial charge < -0.3 is 0 Å². The maximum Gasteiger partial charge on any atom is 0.172 e. The molecule has 0 saturated heterocycles. The average Bonchev–Trinajstić information content (AvgIpc) is 2.87. The fourth-order valence-corrected chi connectivity index (χ4v) is 3.37. The molecule has 1 heterocycles. The van der Waals surface area contributed by atoms with E-state index in [-0.39, 0.29) is 5.78 Å². The molecule has 0 unspecified atom stereocenters. The summed E-state index contributed by atoms with van der Waals surface area (Å²) in [5, 5.41) is 0. The highest BCUT2D eigenvalue weighted by atomic mass is 35.5. The molecule has 0 aliphatic rings. The van der Waals surface area contributed by atoms with Crippen LogP contribution in [-0.2, 0) is 0 Å². The number of hydrogen-bond donors (Lipinski definition) is 0. The van der Waals surface area contributed by atoms with E-state index in [0.717, 1.165) is 11.3 Å². The molecule has 1 nitrogen and oxygen atoms in total. The van der Waals surface area contributed by atoms with Crippen LogP contribution < -0.4 is 0 Å². The van der Waals surface area contributed by atoms with Crippen molar-refractivity contribution >= 4 is 28.7 Å². The van der Waals surface area contributed by atoms with E-state index in [4.69, 9.17) is 11.6 Å². The lowest BCUT2D eigenvalue weighted by Crippen LogP contribution is -1.95. The third-order valence-corrected chi connectivity index (χ3v) is 4.88. The lowest BCUT2D eigenvalue weighted by atomic mass is 10.0. The van der Waals surface area contributed by atoms with Crippen molar-refractivity contribution in [1.29, 1.82) is 0 Å². The van der Waals surface area contributed by atoms with Gasteiger partial charge in [-0.25, -0.2) is 0 Å². The molecule has 1 aromatic rings. The molecule has 114 valence electrons. The third-order valence-electron chi connectivity index (χ3n) is 3.61. The highest BCUT2D eigenvalue weighted by molar-refractivity contribution is 7.18. The number of Topliss-reactive ketones (excluding diaryl/α,β-unsaturated/α-hetero) is 1. The molecule has 0 fully saturated rings. The zero-order valence-electron chi connectivity index (χ0n) is 12.6. The normalized spacial score (nSPS) is 10.9. The Morgan fingerprint density at radius 3 is 2.00 bits per heavy atom. The molecule has 0 bridgehead atoms. The van der Waals surface area contributed by atoms with Gasteiger partial charge in [-0.2, -0.15) is 0 Å². The molecule has 0 aliphatic heterocycles. The summed E-state index contributed by atoms with van der Waals surface area (Å²) < 4.78 is 0.705. The maximum absolute atomic E-state index is 11.8. The Bertz CT molecular complexity index is 373. The Balaban J connectivity index is 1.91. The molecule has 0 amide bonds. The third kappa shape index (κ3) is 8.06. The molecule has 0 saturated carbocycles. The van der Waals surface area contributed by atoms with Crippen molar-refractivity contribution in [3.05, 3.63) is 21.3 Å². The van der Waals surface area contributed by atoms with Crippen LogP contribution in [0.2, 0.25) is 4.34 Å². The minimum atomic E-state index is 0.251. The number of carbonyl (C=O) groups is 1. The zero-order chi connectivity index (χ0) is 14.6. The summed E-state index contributed by atoms with van der Waals surface area (Å²) in [5.41, 5.74) is 0. The van der Waals surface area contributed by atoms with Gasteiger partial charge in [0.05, 0.1) is 9.21 Å². The summed E-state index contributed by atoms with van der Waals surface area (Å²) in [4.78, 5) is 12.7. The highest BCUT2D eigenvalue weighted by Crippen LogP contribution is 2.23. The van der Waals surface area contributed by atoms with Gasteiger partial charge in [0.1, 0.15) is 0 Å². The van der Waals surface area contributed by atoms with Gasteiger partial charge in [0, 0.05) is 6.42 Å². The Morgan fingerprint density at radius 1 is 0.950 bits per heavy atom. The lowest BCUT2D eigenvalue weighted by molar-refractivity contribution is 0.0983. The first-order valence-electron chi connectivity index (χ1n) is 8.02. The summed E-state index contributed by atoms with van der Waals surface area (Å²) in [7, 11) is 0. The monoisotopic (exact) mass is 314 g/mol. The number of ketones is 1. The lowest BCUT2D eigenvalue weighted by Gasteiger charge is -2.02. The van der Waals surface area contributed by atoms with Gasteiger partial charge in [-0.1, -0.05) is 76.3 Å². The first kappa shape index (κ1) is 17.7. The molecule has 1 aromatic heterocycles. The van der Waals surface area contributed by atoms with Crippen LogP contribution in [0.3, 0.4) is 0 Å². The van der Waals surface area contributed by atoms with Gasteiger partial charge in [-0.15, -0.1) is 11.3 Å². The minimum absolute atomic E-state index is 0.251. The Morgan fingerprint density at radius 2 is 1.50 bits per heavy atom. The van der Waals surface area contributed by atoms with E-state index >= 15 is 0 Å². The SMILES string of the molecule is CCCCCCCCCCCCC(=O)c1ccc(Cl)s1. The molecule has 1 rings (SSSR count). The largest absolute Gasteiger partial charge is 0.293 e. The number of rotatable bonds is 12. The van der Waals surface area contributed by atoms with Gasteiger partial charge in [0.15, 0.2) is 5.78 Å². The van der Waals surface area contributed by atoms with Crippen molar-refractivity contribution in [2.24, 2.45) is 0 Å². The number of unbranched alkanes of at least 4 members (excludes halogenated alkanes) is 9. The predicted octanol–water partition coefficient (Wildman–Crippen LogP) is 6.90. The van der Waals surface area contributed by atoms with Crippen LogP contribution in [0.4, 0.5) is 0 Å². The van der Waals surface area contributed by atoms with Crippen LogP contribution in [0.25, 0.3) is 0 Å².